The molecule has 7 nitrogen and oxygen atoms in total. The number of nitrogens with two attached hydrogens (primary N) is 1. The Morgan fingerprint density at radius 1 is 1.37 bits per heavy atom. The summed E-state index contributed by atoms with van der Waals surface area (Å²) in [5, 5.41) is 12.9. The van der Waals surface area contributed by atoms with Gasteiger partial charge in [0.15, 0.2) is 4.34 Å². The van der Waals surface area contributed by atoms with Crippen LogP contribution >= 0.6 is 23.1 Å². The maximum absolute atomic E-state index is 11.5. The van der Waals surface area contributed by atoms with Gasteiger partial charge in [0.05, 0.1) is 5.75 Å². The van der Waals surface area contributed by atoms with Crippen molar-refractivity contribution in [3.05, 3.63) is 0 Å². The molecule has 0 atom stereocenters. The van der Waals surface area contributed by atoms with E-state index in [9.17, 15) is 9.59 Å². The normalized spacial score (nSPS) is 15.4. The fourth-order valence-electron chi connectivity index (χ4n) is 1.86. The van der Waals surface area contributed by atoms with Crippen molar-refractivity contribution >= 4 is 40.2 Å². The van der Waals surface area contributed by atoms with Crippen LogP contribution in [0.15, 0.2) is 4.34 Å². The van der Waals surface area contributed by atoms with Crippen molar-refractivity contribution in [2.45, 2.75) is 36.1 Å². The molecule has 0 radical (unpaired) electrons. The van der Waals surface area contributed by atoms with Gasteiger partial charge in [0.25, 0.3) is 0 Å². The van der Waals surface area contributed by atoms with Crippen LogP contribution in [-0.4, -0.2) is 33.9 Å². The number of amides is 3. The zero-order chi connectivity index (χ0) is 13.7. The highest BCUT2D eigenvalue weighted by Crippen LogP contribution is 2.23. The summed E-state index contributed by atoms with van der Waals surface area (Å²) in [5.41, 5.74) is 5.42. The third kappa shape index (κ3) is 4.67. The number of aromatic nitrogens is 2. The minimum Gasteiger partial charge on any atom is -0.374 e. The van der Waals surface area contributed by atoms with Gasteiger partial charge in [-0.15, -0.1) is 10.2 Å². The first-order valence-corrected chi connectivity index (χ1v) is 7.76. The molecule has 0 aliphatic heterocycles. The number of nitrogens with zero attached hydrogens (tertiary/aromatic N) is 2. The van der Waals surface area contributed by atoms with Crippen LogP contribution in [0, 0.1) is 0 Å². The average Bonchev–Trinajstić information content (AvgIpc) is 2.98. The van der Waals surface area contributed by atoms with Gasteiger partial charge in [0.1, 0.15) is 0 Å². The van der Waals surface area contributed by atoms with Crippen LogP contribution in [0.25, 0.3) is 0 Å². The van der Waals surface area contributed by atoms with Crippen molar-refractivity contribution in [3.63, 3.8) is 0 Å². The molecule has 104 valence electrons. The standard InChI is InChI=1S/C10H15N5O2S2/c11-8-14-15-10(19-8)18-5-7(16)13-9(17)12-6-3-1-2-4-6/h6H,1-5H2,(H2,11,14)(H2,12,13,16,17). The predicted octanol–water partition coefficient (Wildman–Crippen LogP) is 0.981. The molecule has 1 aliphatic rings. The zero-order valence-electron chi connectivity index (χ0n) is 10.2. The van der Waals surface area contributed by atoms with Crippen LogP contribution in [0.1, 0.15) is 25.7 Å². The van der Waals surface area contributed by atoms with Crippen LogP contribution in [0.3, 0.4) is 0 Å². The molecule has 1 fully saturated rings. The molecule has 2 rings (SSSR count). The Balaban J connectivity index is 1.67. The predicted molar refractivity (Wildman–Crippen MR) is 74.0 cm³/mol. The van der Waals surface area contributed by atoms with E-state index in [2.05, 4.69) is 20.8 Å². The topological polar surface area (TPSA) is 110 Å². The van der Waals surface area contributed by atoms with Crippen LogP contribution in [0.2, 0.25) is 0 Å². The fourth-order valence-corrected chi connectivity index (χ4v) is 3.30. The van der Waals surface area contributed by atoms with Crippen molar-refractivity contribution in [2.75, 3.05) is 11.5 Å². The molecule has 1 aromatic heterocycles. The smallest absolute Gasteiger partial charge is 0.321 e. The molecule has 3 amide bonds. The number of carbonyl (C=O) groups excluding carboxylic acids is 2. The molecule has 0 unspecified atom stereocenters. The Hall–Kier alpha value is -1.35. The average molecular weight is 301 g/mol. The Morgan fingerprint density at radius 3 is 2.74 bits per heavy atom. The molecular weight excluding hydrogens is 286 g/mol. The monoisotopic (exact) mass is 301 g/mol. The van der Waals surface area contributed by atoms with Gasteiger partial charge in [-0.05, 0) is 12.8 Å². The highest BCUT2D eigenvalue weighted by molar-refractivity contribution is 8.01. The molecule has 9 heteroatoms. The lowest BCUT2D eigenvalue weighted by Gasteiger charge is -2.11. The first-order chi connectivity index (χ1) is 9.13. The Labute approximate surface area is 118 Å². The molecular formula is C10H15N5O2S2. The van der Waals surface area contributed by atoms with E-state index in [0.29, 0.717) is 9.47 Å². The van der Waals surface area contributed by atoms with E-state index in [1.807, 2.05) is 0 Å². The summed E-state index contributed by atoms with van der Waals surface area (Å²) < 4.78 is 0.615. The van der Waals surface area contributed by atoms with Crippen LogP contribution < -0.4 is 16.4 Å². The molecule has 0 bridgehead atoms. The summed E-state index contributed by atoms with van der Waals surface area (Å²) in [6.07, 6.45) is 4.24. The molecule has 1 aromatic rings. The highest BCUT2D eigenvalue weighted by Gasteiger charge is 2.18. The minimum atomic E-state index is -0.422. The fraction of sp³-hybridized carbons (Fsp3) is 0.600. The molecule has 0 aromatic carbocycles. The molecule has 4 N–H and O–H groups in total. The summed E-state index contributed by atoms with van der Waals surface area (Å²) >= 11 is 2.42. The van der Waals surface area contributed by atoms with E-state index < -0.39 is 6.03 Å². The van der Waals surface area contributed by atoms with Gasteiger partial charge in [0, 0.05) is 6.04 Å². The molecule has 1 heterocycles. The van der Waals surface area contributed by atoms with Gasteiger partial charge in [-0.1, -0.05) is 35.9 Å². The van der Waals surface area contributed by atoms with Crippen LogP contribution in [0.4, 0.5) is 9.93 Å². The third-order valence-corrected chi connectivity index (χ3v) is 4.58. The number of nitrogen functional groups attached to an aromatic ring is 1. The SMILES string of the molecule is Nc1nnc(SCC(=O)NC(=O)NC2CCCC2)s1. The number of hydrogen-bond acceptors (Lipinski definition) is 7. The molecule has 19 heavy (non-hydrogen) atoms. The van der Waals surface area contributed by atoms with E-state index in [-0.39, 0.29) is 17.7 Å². The van der Waals surface area contributed by atoms with Crippen molar-refractivity contribution in [1.82, 2.24) is 20.8 Å². The first kappa shape index (κ1) is 14.1. The molecule has 0 spiro atoms. The van der Waals surface area contributed by atoms with Crippen molar-refractivity contribution in [2.24, 2.45) is 0 Å². The second-order valence-corrected chi connectivity index (χ2v) is 6.43. The lowest BCUT2D eigenvalue weighted by atomic mass is 10.2. The van der Waals surface area contributed by atoms with Gasteiger partial charge in [0.2, 0.25) is 11.0 Å². The van der Waals surface area contributed by atoms with Crippen LogP contribution in [0.5, 0.6) is 0 Å². The number of rotatable bonds is 4. The summed E-state index contributed by atoms with van der Waals surface area (Å²) in [6, 6.07) is -0.224. The van der Waals surface area contributed by atoms with E-state index in [1.54, 1.807) is 0 Å². The molecule has 1 saturated carbocycles. The number of carbonyl (C=O) groups is 2. The number of urea groups is 1. The minimum absolute atomic E-state index is 0.118. The Kier molecular flexibility index (Phi) is 4.97. The third-order valence-electron chi connectivity index (χ3n) is 2.69. The first-order valence-electron chi connectivity index (χ1n) is 5.95. The largest absolute Gasteiger partial charge is 0.374 e. The number of nitrogens with one attached hydrogen (secondary N) is 2. The summed E-state index contributed by atoms with van der Waals surface area (Å²) in [7, 11) is 0. The maximum atomic E-state index is 11.5. The number of thioether (sulfide) groups is 1. The Morgan fingerprint density at radius 2 is 2.11 bits per heavy atom. The van der Waals surface area contributed by atoms with Crippen molar-refractivity contribution in [3.8, 4) is 0 Å². The van der Waals surface area contributed by atoms with E-state index in [1.165, 1.54) is 23.1 Å². The summed E-state index contributed by atoms with van der Waals surface area (Å²) in [5.74, 6) is -0.235. The summed E-state index contributed by atoms with van der Waals surface area (Å²) in [4.78, 5) is 23.1. The van der Waals surface area contributed by atoms with Gasteiger partial charge < -0.3 is 11.1 Å². The second-order valence-electron chi connectivity index (χ2n) is 4.20. The number of hydrogen-bond donors (Lipinski definition) is 3. The number of anilines is 1. The van der Waals surface area contributed by atoms with E-state index in [4.69, 9.17) is 5.73 Å². The second kappa shape index (κ2) is 6.71. The lowest BCUT2D eigenvalue weighted by molar-refractivity contribution is -0.117. The zero-order valence-corrected chi connectivity index (χ0v) is 11.9. The van der Waals surface area contributed by atoms with Crippen molar-refractivity contribution < 1.29 is 9.59 Å². The van der Waals surface area contributed by atoms with E-state index >= 15 is 0 Å². The summed E-state index contributed by atoms with van der Waals surface area (Å²) in [6.45, 7) is 0. The molecule has 1 aliphatic carbocycles. The van der Waals surface area contributed by atoms with Gasteiger partial charge in [-0.3, -0.25) is 10.1 Å². The quantitative estimate of drug-likeness (QED) is 0.715. The van der Waals surface area contributed by atoms with E-state index in [0.717, 1.165) is 25.7 Å². The van der Waals surface area contributed by atoms with Crippen molar-refractivity contribution in [1.29, 1.82) is 0 Å². The lowest BCUT2D eigenvalue weighted by Crippen LogP contribution is -2.44. The maximum Gasteiger partial charge on any atom is 0.321 e. The number of imide groups is 1. The van der Waals surface area contributed by atoms with Crippen LogP contribution in [-0.2, 0) is 4.79 Å². The highest BCUT2D eigenvalue weighted by atomic mass is 32.2. The molecule has 0 saturated heterocycles. The van der Waals surface area contributed by atoms with Gasteiger partial charge in [-0.2, -0.15) is 0 Å². The Bertz CT molecular complexity index is 459. The van der Waals surface area contributed by atoms with Gasteiger partial charge >= 0.3 is 6.03 Å². The van der Waals surface area contributed by atoms with Gasteiger partial charge in [-0.25, -0.2) is 4.79 Å².